The van der Waals surface area contributed by atoms with E-state index in [0.717, 1.165) is 5.56 Å². The van der Waals surface area contributed by atoms with Gasteiger partial charge in [-0.2, -0.15) is 0 Å². The number of fused-ring (bicyclic) bond motifs is 1. The van der Waals surface area contributed by atoms with Crippen LogP contribution in [0, 0.1) is 19.7 Å². The predicted octanol–water partition coefficient (Wildman–Crippen LogP) is 4.82. The first-order valence-electron chi connectivity index (χ1n) is 7.60. The van der Waals surface area contributed by atoms with Crippen molar-refractivity contribution in [1.82, 2.24) is 4.98 Å². The van der Waals surface area contributed by atoms with Crippen molar-refractivity contribution < 1.29 is 18.7 Å². The predicted molar refractivity (Wildman–Crippen MR) is 87.5 cm³/mol. The number of hydrogen-bond acceptors (Lipinski definition) is 4. The van der Waals surface area contributed by atoms with Crippen molar-refractivity contribution in [2.45, 2.75) is 47.0 Å². The first-order valence-corrected chi connectivity index (χ1v) is 7.60. The second kappa shape index (κ2) is 6.14. The standard InChI is InChI=1S/C18H22FNO3/c1-7-22-17(21)23-16-10(2)11(3)20-15-13(16)8-12(9-14(15)19)18(4,5)6/h8-9H,7H2,1-6H3. The molecule has 0 bridgehead atoms. The van der Waals surface area contributed by atoms with Gasteiger partial charge in [0.05, 0.1) is 6.61 Å². The van der Waals surface area contributed by atoms with Crippen molar-refractivity contribution >= 4 is 17.1 Å². The first-order chi connectivity index (χ1) is 10.6. The molecule has 0 fully saturated rings. The molecule has 124 valence electrons. The van der Waals surface area contributed by atoms with Gasteiger partial charge in [-0.25, -0.2) is 14.2 Å². The minimum absolute atomic E-state index is 0.195. The molecule has 2 aromatic rings. The molecule has 0 radical (unpaired) electrons. The van der Waals surface area contributed by atoms with Crippen molar-refractivity contribution in [3.8, 4) is 5.75 Å². The van der Waals surface area contributed by atoms with Crippen LogP contribution in [-0.4, -0.2) is 17.7 Å². The van der Waals surface area contributed by atoms with Crippen molar-refractivity contribution in [3.63, 3.8) is 0 Å². The summed E-state index contributed by atoms with van der Waals surface area (Å²) in [6, 6.07) is 3.31. The van der Waals surface area contributed by atoms with Crippen LogP contribution in [0.3, 0.4) is 0 Å². The van der Waals surface area contributed by atoms with Gasteiger partial charge < -0.3 is 9.47 Å². The van der Waals surface area contributed by atoms with E-state index in [4.69, 9.17) is 9.47 Å². The summed E-state index contributed by atoms with van der Waals surface area (Å²) in [6.45, 7) is 11.4. The molecule has 0 saturated heterocycles. The molecule has 0 saturated carbocycles. The van der Waals surface area contributed by atoms with E-state index in [-0.39, 0.29) is 17.5 Å². The molecule has 0 unspecified atom stereocenters. The Morgan fingerprint density at radius 1 is 1.26 bits per heavy atom. The van der Waals surface area contributed by atoms with Crippen LogP contribution in [0.15, 0.2) is 12.1 Å². The summed E-state index contributed by atoms with van der Waals surface area (Å²) in [6.07, 6.45) is -0.802. The Morgan fingerprint density at radius 2 is 1.91 bits per heavy atom. The highest BCUT2D eigenvalue weighted by atomic mass is 19.1. The number of aromatic nitrogens is 1. The van der Waals surface area contributed by atoms with Crippen LogP contribution < -0.4 is 4.74 Å². The topological polar surface area (TPSA) is 48.4 Å². The maximum absolute atomic E-state index is 14.5. The number of rotatable bonds is 2. The molecule has 2 rings (SSSR count). The summed E-state index contributed by atoms with van der Waals surface area (Å²) in [5, 5.41) is 0.478. The quantitative estimate of drug-likeness (QED) is 0.744. The Hall–Kier alpha value is -2.17. The zero-order chi connectivity index (χ0) is 17.4. The largest absolute Gasteiger partial charge is 0.513 e. The molecule has 0 aliphatic heterocycles. The Kier molecular flexibility index (Phi) is 4.59. The van der Waals surface area contributed by atoms with E-state index in [0.29, 0.717) is 22.4 Å². The lowest BCUT2D eigenvalue weighted by Crippen LogP contribution is -2.14. The van der Waals surface area contributed by atoms with Gasteiger partial charge >= 0.3 is 6.16 Å². The smallest absolute Gasteiger partial charge is 0.434 e. The summed E-state index contributed by atoms with van der Waals surface area (Å²) < 4.78 is 24.7. The van der Waals surface area contributed by atoms with Crippen LogP contribution in [-0.2, 0) is 10.2 Å². The van der Waals surface area contributed by atoms with Gasteiger partial charge in [0, 0.05) is 16.6 Å². The Bertz CT molecular complexity index is 763. The fraction of sp³-hybridized carbons (Fsp3) is 0.444. The number of ether oxygens (including phenoxy) is 2. The minimum Gasteiger partial charge on any atom is -0.434 e. The van der Waals surface area contributed by atoms with Gasteiger partial charge in [0.15, 0.2) is 0 Å². The fourth-order valence-corrected chi connectivity index (χ4v) is 2.30. The van der Waals surface area contributed by atoms with Crippen molar-refractivity contribution in [2.75, 3.05) is 6.61 Å². The lowest BCUT2D eigenvalue weighted by atomic mass is 9.86. The van der Waals surface area contributed by atoms with E-state index < -0.39 is 12.0 Å². The third-order valence-electron chi connectivity index (χ3n) is 3.78. The molecule has 4 nitrogen and oxygen atoms in total. The molecule has 0 N–H and O–H groups in total. The van der Waals surface area contributed by atoms with Crippen molar-refractivity contribution in [2.24, 2.45) is 0 Å². The Balaban J connectivity index is 2.74. The van der Waals surface area contributed by atoms with Crippen LogP contribution >= 0.6 is 0 Å². The van der Waals surface area contributed by atoms with Crippen LogP contribution in [0.25, 0.3) is 10.9 Å². The van der Waals surface area contributed by atoms with Gasteiger partial charge in [0.1, 0.15) is 17.1 Å². The number of nitrogens with zero attached hydrogens (tertiary/aromatic N) is 1. The third-order valence-corrected chi connectivity index (χ3v) is 3.78. The molecule has 0 spiro atoms. The average Bonchev–Trinajstić information content (AvgIpc) is 2.44. The molecule has 0 aliphatic rings. The average molecular weight is 319 g/mol. The first kappa shape index (κ1) is 17.2. The normalized spacial score (nSPS) is 11.6. The molecule has 1 heterocycles. The monoisotopic (exact) mass is 319 g/mol. The summed E-state index contributed by atoms with van der Waals surface area (Å²) in [5.74, 6) is -0.125. The summed E-state index contributed by atoms with van der Waals surface area (Å²) in [5.41, 5.74) is 2.06. The maximum Gasteiger partial charge on any atom is 0.513 e. The van der Waals surface area contributed by atoms with E-state index in [1.54, 1.807) is 20.8 Å². The van der Waals surface area contributed by atoms with E-state index >= 15 is 0 Å². The zero-order valence-electron chi connectivity index (χ0n) is 14.4. The van der Waals surface area contributed by atoms with Crippen LogP contribution in [0.5, 0.6) is 5.75 Å². The van der Waals surface area contributed by atoms with Gasteiger partial charge in [-0.05, 0) is 43.9 Å². The molecule has 23 heavy (non-hydrogen) atoms. The van der Waals surface area contributed by atoms with Crippen LogP contribution in [0.4, 0.5) is 9.18 Å². The van der Waals surface area contributed by atoms with E-state index in [1.807, 2.05) is 26.8 Å². The second-order valence-electron chi connectivity index (χ2n) is 6.54. The Morgan fingerprint density at radius 3 is 2.48 bits per heavy atom. The minimum atomic E-state index is -0.802. The molecule has 1 aromatic heterocycles. The van der Waals surface area contributed by atoms with Gasteiger partial charge in [0.25, 0.3) is 0 Å². The number of carbonyl (C=O) groups is 1. The number of hydrogen-bond donors (Lipinski definition) is 0. The molecule has 0 aliphatic carbocycles. The third kappa shape index (κ3) is 3.44. The highest BCUT2D eigenvalue weighted by Gasteiger charge is 2.22. The number of halogens is 1. The summed E-state index contributed by atoms with van der Waals surface area (Å²) in [4.78, 5) is 16.0. The van der Waals surface area contributed by atoms with Crippen molar-refractivity contribution in [1.29, 1.82) is 0 Å². The zero-order valence-corrected chi connectivity index (χ0v) is 14.4. The van der Waals surface area contributed by atoms with Gasteiger partial charge in [-0.1, -0.05) is 20.8 Å². The van der Waals surface area contributed by atoms with E-state index in [2.05, 4.69) is 4.98 Å². The fourth-order valence-electron chi connectivity index (χ4n) is 2.30. The molecular formula is C18H22FNO3. The Labute approximate surface area is 135 Å². The van der Waals surface area contributed by atoms with Crippen LogP contribution in [0.2, 0.25) is 0 Å². The molecule has 1 aromatic carbocycles. The molecular weight excluding hydrogens is 297 g/mol. The second-order valence-corrected chi connectivity index (χ2v) is 6.54. The number of carbonyl (C=O) groups excluding carboxylic acids is 1. The number of pyridine rings is 1. The van der Waals surface area contributed by atoms with E-state index in [9.17, 15) is 9.18 Å². The maximum atomic E-state index is 14.5. The lowest BCUT2D eigenvalue weighted by Gasteiger charge is -2.21. The van der Waals surface area contributed by atoms with Gasteiger partial charge in [0.2, 0.25) is 0 Å². The van der Waals surface area contributed by atoms with Gasteiger partial charge in [-0.15, -0.1) is 0 Å². The van der Waals surface area contributed by atoms with Crippen molar-refractivity contribution in [3.05, 3.63) is 34.8 Å². The molecule has 0 atom stereocenters. The summed E-state index contributed by atoms with van der Waals surface area (Å²) in [7, 11) is 0. The SMILES string of the molecule is CCOC(=O)Oc1c(C)c(C)nc2c(F)cc(C(C)(C)C)cc12. The molecule has 0 amide bonds. The van der Waals surface area contributed by atoms with Crippen LogP contribution in [0.1, 0.15) is 44.5 Å². The van der Waals surface area contributed by atoms with E-state index in [1.165, 1.54) is 6.07 Å². The highest BCUT2D eigenvalue weighted by Crippen LogP contribution is 2.35. The number of benzene rings is 1. The number of aryl methyl sites for hydroxylation is 1. The highest BCUT2D eigenvalue weighted by molar-refractivity contribution is 5.89. The molecule has 5 heteroatoms. The summed E-state index contributed by atoms with van der Waals surface area (Å²) >= 11 is 0. The lowest BCUT2D eigenvalue weighted by molar-refractivity contribution is 0.104. The van der Waals surface area contributed by atoms with Gasteiger partial charge in [-0.3, -0.25) is 0 Å².